The van der Waals surface area contributed by atoms with Gasteiger partial charge in [-0.2, -0.15) is 0 Å². The zero-order valence-electron chi connectivity index (χ0n) is 12.0. The van der Waals surface area contributed by atoms with Gasteiger partial charge in [0.05, 0.1) is 11.6 Å². The largest absolute Gasteiger partial charge is 0.489 e. The van der Waals surface area contributed by atoms with Crippen molar-refractivity contribution < 1.29 is 4.74 Å². The molecule has 3 heterocycles. The molecule has 1 aromatic carbocycles. The Morgan fingerprint density at radius 3 is 2.90 bits per heavy atom. The molecule has 2 aromatic heterocycles. The molecule has 0 saturated carbocycles. The summed E-state index contributed by atoms with van der Waals surface area (Å²) in [6.45, 7) is 0.592. The number of anilines is 1. The van der Waals surface area contributed by atoms with E-state index >= 15 is 0 Å². The van der Waals surface area contributed by atoms with Gasteiger partial charge in [0.1, 0.15) is 17.9 Å². The van der Waals surface area contributed by atoms with Crippen molar-refractivity contribution in [1.82, 2.24) is 14.5 Å². The first-order chi connectivity index (χ1) is 10.3. The third kappa shape index (κ3) is 1.77. The van der Waals surface area contributed by atoms with E-state index in [1.54, 1.807) is 6.20 Å². The lowest BCUT2D eigenvalue weighted by atomic mass is 10.1. The lowest BCUT2D eigenvalue weighted by Gasteiger charge is -2.28. The summed E-state index contributed by atoms with van der Waals surface area (Å²) in [7, 11) is 4.03. The second kappa shape index (κ2) is 4.48. The Labute approximate surface area is 122 Å². The molecule has 5 heteroatoms. The van der Waals surface area contributed by atoms with Gasteiger partial charge < -0.3 is 9.64 Å². The number of aromatic nitrogens is 3. The van der Waals surface area contributed by atoms with Gasteiger partial charge in [0.15, 0.2) is 0 Å². The van der Waals surface area contributed by atoms with Crippen molar-refractivity contribution in [3.8, 4) is 5.75 Å². The van der Waals surface area contributed by atoms with Crippen LogP contribution in [0.5, 0.6) is 5.75 Å². The number of pyridine rings is 1. The summed E-state index contributed by atoms with van der Waals surface area (Å²) in [5.74, 6) is 1.84. The van der Waals surface area contributed by atoms with E-state index in [1.807, 2.05) is 49.5 Å². The van der Waals surface area contributed by atoms with Gasteiger partial charge in [0.2, 0.25) is 5.95 Å². The predicted molar refractivity (Wildman–Crippen MR) is 81.9 cm³/mol. The summed E-state index contributed by atoms with van der Waals surface area (Å²) in [5.41, 5.74) is 3.15. The highest BCUT2D eigenvalue weighted by atomic mass is 16.5. The van der Waals surface area contributed by atoms with Crippen molar-refractivity contribution in [2.24, 2.45) is 0 Å². The van der Waals surface area contributed by atoms with Crippen LogP contribution in [0.25, 0.3) is 11.0 Å². The Morgan fingerprint density at radius 1 is 1.24 bits per heavy atom. The maximum atomic E-state index is 5.95. The van der Waals surface area contributed by atoms with Crippen LogP contribution < -0.4 is 9.64 Å². The average Bonchev–Trinajstić information content (AvgIpc) is 2.91. The van der Waals surface area contributed by atoms with Gasteiger partial charge in [0, 0.05) is 26.5 Å². The van der Waals surface area contributed by atoms with E-state index < -0.39 is 0 Å². The Balaban J connectivity index is 2.01. The molecule has 4 rings (SSSR count). The van der Waals surface area contributed by atoms with E-state index in [9.17, 15) is 0 Å². The number of nitrogens with zero attached hydrogens (tertiary/aromatic N) is 4. The first-order valence-electron chi connectivity index (χ1n) is 6.96. The van der Waals surface area contributed by atoms with Crippen LogP contribution in [0.3, 0.4) is 0 Å². The highest BCUT2D eigenvalue weighted by Gasteiger charge is 2.28. The van der Waals surface area contributed by atoms with Gasteiger partial charge >= 0.3 is 0 Å². The molecule has 1 aliphatic heterocycles. The predicted octanol–water partition coefficient (Wildman–Crippen LogP) is 2.48. The molecule has 0 spiro atoms. The second-order valence-corrected chi connectivity index (χ2v) is 5.41. The lowest BCUT2D eigenvalue weighted by molar-refractivity contribution is 0.259. The molecule has 0 saturated heterocycles. The van der Waals surface area contributed by atoms with Crippen LogP contribution in [0.4, 0.5) is 5.95 Å². The van der Waals surface area contributed by atoms with E-state index in [0.717, 1.165) is 28.3 Å². The summed E-state index contributed by atoms with van der Waals surface area (Å²) >= 11 is 0. The molecule has 5 nitrogen and oxygen atoms in total. The molecular formula is C16H16N4O. The first kappa shape index (κ1) is 12.2. The van der Waals surface area contributed by atoms with Crippen molar-refractivity contribution in [2.45, 2.75) is 6.04 Å². The van der Waals surface area contributed by atoms with Crippen molar-refractivity contribution >= 4 is 17.0 Å². The number of benzene rings is 1. The van der Waals surface area contributed by atoms with E-state index in [-0.39, 0.29) is 6.04 Å². The molecule has 1 atom stereocenters. The van der Waals surface area contributed by atoms with Crippen LogP contribution >= 0.6 is 0 Å². The minimum absolute atomic E-state index is 0.0935. The number of hydrogen-bond donors (Lipinski definition) is 0. The summed E-state index contributed by atoms with van der Waals surface area (Å²) < 4.78 is 8.20. The fourth-order valence-corrected chi connectivity index (χ4v) is 2.89. The van der Waals surface area contributed by atoms with Gasteiger partial charge in [-0.25, -0.2) is 4.98 Å². The monoisotopic (exact) mass is 280 g/mol. The fraction of sp³-hybridized carbons (Fsp3) is 0.250. The van der Waals surface area contributed by atoms with Crippen molar-refractivity contribution in [3.05, 3.63) is 48.3 Å². The zero-order valence-corrected chi connectivity index (χ0v) is 12.0. The van der Waals surface area contributed by atoms with Crippen LogP contribution in [-0.2, 0) is 0 Å². The van der Waals surface area contributed by atoms with Crippen LogP contribution in [0.1, 0.15) is 11.6 Å². The van der Waals surface area contributed by atoms with Crippen molar-refractivity contribution in [2.75, 3.05) is 25.6 Å². The first-order valence-corrected chi connectivity index (χ1v) is 6.96. The lowest BCUT2D eigenvalue weighted by Crippen LogP contribution is -2.26. The number of rotatable bonds is 2. The Hall–Kier alpha value is -2.56. The molecule has 1 aliphatic rings. The maximum absolute atomic E-state index is 5.95. The molecule has 21 heavy (non-hydrogen) atoms. The van der Waals surface area contributed by atoms with Gasteiger partial charge in [0.25, 0.3) is 0 Å². The van der Waals surface area contributed by atoms with Gasteiger partial charge in [-0.05, 0) is 23.8 Å². The minimum atomic E-state index is 0.0935. The van der Waals surface area contributed by atoms with E-state index in [1.165, 1.54) is 0 Å². The Bertz CT molecular complexity index is 795. The van der Waals surface area contributed by atoms with Crippen LogP contribution in [0.2, 0.25) is 0 Å². The van der Waals surface area contributed by atoms with Crippen LogP contribution in [-0.4, -0.2) is 35.2 Å². The molecule has 0 aliphatic carbocycles. The molecule has 0 amide bonds. The normalized spacial score (nSPS) is 16.8. The molecule has 0 bridgehead atoms. The third-order valence-electron chi connectivity index (χ3n) is 3.83. The fourth-order valence-electron chi connectivity index (χ4n) is 2.89. The zero-order chi connectivity index (χ0) is 14.4. The number of imidazole rings is 1. The molecule has 106 valence electrons. The Morgan fingerprint density at radius 2 is 2.14 bits per heavy atom. The van der Waals surface area contributed by atoms with E-state index in [4.69, 9.17) is 9.72 Å². The van der Waals surface area contributed by atoms with Gasteiger partial charge in [-0.1, -0.05) is 12.1 Å². The number of hydrogen-bond acceptors (Lipinski definition) is 4. The second-order valence-electron chi connectivity index (χ2n) is 5.41. The topological polar surface area (TPSA) is 43.2 Å². The molecule has 0 fully saturated rings. The highest BCUT2D eigenvalue weighted by Crippen LogP contribution is 2.38. The van der Waals surface area contributed by atoms with Crippen molar-refractivity contribution in [1.29, 1.82) is 0 Å². The van der Waals surface area contributed by atoms with Gasteiger partial charge in [-0.15, -0.1) is 0 Å². The summed E-state index contributed by atoms with van der Waals surface area (Å²) in [5, 5.41) is 0. The standard InChI is InChI=1S/C16H16N4O/c1-19(2)16-18-12-6-3-7-14-15(12)20(16)13(10-21-14)11-5-4-8-17-9-11/h3-9,13H,10H2,1-2H3. The van der Waals surface area contributed by atoms with Crippen LogP contribution in [0, 0.1) is 0 Å². The average molecular weight is 280 g/mol. The van der Waals surface area contributed by atoms with E-state index in [0.29, 0.717) is 6.61 Å². The number of ether oxygens (including phenoxy) is 1. The quantitative estimate of drug-likeness (QED) is 0.723. The molecule has 0 N–H and O–H groups in total. The molecule has 1 unspecified atom stereocenters. The van der Waals surface area contributed by atoms with Gasteiger partial charge in [-0.3, -0.25) is 9.55 Å². The summed E-state index contributed by atoms with van der Waals surface area (Å²) in [6.07, 6.45) is 3.69. The van der Waals surface area contributed by atoms with Crippen LogP contribution in [0.15, 0.2) is 42.7 Å². The maximum Gasteiger partial charge on any atom is 0.206 e. The SMILES string of the molecule is CN(C)c1nc2cccc3c2n1C(c1cccnc1)CO3. The highest BCUT2D eigenvalue weighted by molar-refractivity contribution is 5.85. The third-order valence-corrected chi connectivity index (χ3v) is 3.83. The van der Waals surface area contributed by atoms with E-state index in [2.05, 4.69) is 15.6 Å². The smallest absolute Gasteiger partial charge is 0.206 e. The minimum Gasteiger partial charge on any atom is -0.489 e. The Kier molecular flexibility index (Phi) is 2.60. The molecule has 3 aromatic rings. The molecule has 0 radical (unpaired) electrons. The molecular weight excluding hydrogens is 264 g/mol. The number of para-hydroxylation sites is 1. The summed E-state index contributed by atoms with van der Waals surface area (Å²) in [4.78, 5) is 11.0. The summed E-state index contributed by atoms with van der Waals surface area (Å²) in [6, 6.07) is 10.1. The van der Waals surface area contributed by atoms with Crippen molar-refractivity contribution in [3.63, 3.8) is 0 Å².